The van der Waals surface area contributed by atoms with Crippen LogP contribution in [0.25, 0.3) is 0 Å². The minimum absolute atomic E-state index is 0.224. The number of rotatable bonds is 3. The number of H-pyrrole nitrogens is 1. The van der Waals surface area contributed by atoms with Crippen molar-refractivity contribution in [2.75, 3.05) is 31.1 Å². The van der Waals surface area contributed by atoms with Crippen LogP contribution in [-0.2, 0) is 11.2 Å². The molecule has 1 aromatic heterocycles. The van der Waals surface area contributed by atoms with Crippen molar-refractivity contribution in [1.29, 1.82) is 0 Å². The first-order valence-corrected chi connectivity index (χ1v) is 7.44. The maximum absolute atomic E-state index is 12.3. The normalized spacial score (nSPS) is 15.3. The average molecular weight is 283 g/mol. The molecule has 1 aliphatic heterocycles. The lowest BCUT2D eigenvalue weighted by molar-refractivity contribution is -0.130. The molecule has 0 unspecified atom stereocenters. The van der Waals surface area contributed by atoms with Crippen LogP contribution in [0.3, 0.4) is 0 Å². The first-order chi connectivity index (χ1) is 10.2. The zero-order valence-corrected chi connectivity index (χ0v) is 12.4. The molecule has 1 saturated heterocycles. The van der Waals surface area contributed by atoms with Gasteiger partial charge in [0.15, 0.2) is 0 Å². The predicted molar refractivity (Wildman–Crippen MR) is 84.5 cm³/mol. The number of nitrogens with zero attached hydrogens (tertiary/aromatic N) is 2. The molecule has 1 N–H and O–H groups in total. The minimum Gasteiger partial charge on any atom is -0.368 e. The molecule has 1 aromatic carbocycles. The van der Waals surface area contributed by atoms with Gasteiger partial charge in [-0.25, -0.2) is 0 Å². The quantitative estimate of drug-likeness (QED) is 0.938. The van der Waals surface area contributed by atoms with Crippen molar-refractivity contribution in [3.63, 3.8) is 0 Å². The number of carbonyl (C=O) groups excluding carboxylic acids is 1. The number of anilines is 1. The maximum atomic E-state index is 12.3. The molecule has 4 nitrogen and oxygen atoms in total. The highest BCUT2D eigenvalue weighted by molar-refractivity contribution is 5.79. The predicted octanol–water partition coefficient (Wildman–Crippen LogP) is 2.21. The van der Waals surface area contributed by atoms with Gasteiger partial charge in [-0.2, -0.15) is 0 Å². The zero-order chi connectivity index (χ0) is 14.7. The summed E-state index contributed by atoms with van der Waals surface area (Å²) in [6.07, 6.45) is 2.42. The van der Waals surface area contributed by atoms with Gasteiger partial charge in [0.05, 0.1) is 6.42 Å². The fraction of sp³-hybridized carbons (Fsp3) is 0.353. The van der Waals surface area contributed by atoms with Crippen molar-refractivity contribution in [3.05, 3.63) is 53.9 Å². The van der Waals surface area contributed by atoms with Gasteiger partial charge in [-0.05, 0) is 30.7 Å². The highest BCUT2D eigenvalue weighted by Gasteiger charge is 2.21. The molecule has 0 radical (unpaired) electrons. The van der Waals surface area contributed by atoms with E-state index in [4.69, 9.17) is 0 Å². The first kappa shape index (κ1) is 13.7. The van der Waals surface area contributed by atoms with E-state index in [-0.39, 0.29) is 5.91 Å². The highest BCUT2D eigenvalue weighted by Crippen LogP contribution is 2.16. The molecule has 2 heterocycles. The molecule has 0 aliphatic carbocycles. The van der Waals surface area contributed by atoms with Crippen LogP contribution in [0.15, 0.2) is 42.6 Å². The van der Waals surface area contributed by atoms with Crippen molar-refractivity contribution in [2.24, 2.45) is 0 Å². The number of hydrogen-bond donors (Lipinski definition) is 1. The van der Waals surface area contributed by atoms with Crippen LogP contribution in [0.5, 0.6) is 0 Å². The van der Waals surface area contributed by atoms with E-state index in [1.54, 1.807) is 0 Å². The van der Waals surface area contributed by atoms with E-state index in [0.29, 0.717) is 6.42 Å². The van der Waals surface area contributed by atoms with Gasteiger partial charge < -0.3 is 14.8 Å². The molecule has 1 aliphatic rings. The van der Waals surface area contributed by atoms with Gasteiger partial charge in [-0.15, -0.1) is 0 Å². The van der Waals surface area contributed by atoms with Crippen molar-refractivity contribution in [2.45, 2.75) is 13.3 Å². The molecule has 0 saturated carbocycles. The summed E-state index contributed by atoms with van der Waals surface area (Å²) in [6, 6.07) is 12.4. The van der Waals surface area contributed by atoms with Crippen LogP contribution in [0.1, 0.15) is 11.3 Å². The van der Waals surface area contributed by atoms with Gasteiger partial charge in [0, 0.05) is 43.8 Å². The average Bonchev–Trinajstić information content (AvgIpc) is 2.93. The highest BCUT2D eigenvalue weighted by atomic mass is 16.2. The Morgan fingerprint density at radius 2 is 1.86 bits per heavy atom. The van der Waals surface area contributed by atoms with Crippen molar-refractivity contribution in [3.8, 4) is 0 Å². The van der Waals surface area contributed by atoms with E-state index in [2.05, 4.69) is 34.1 Å². The summed E-state index contributed by atoms with van der Waals surface area (Å²) in [4.78, 5) is 19.8. The third kappa shape index (κ3) is 3.27. The molecule has 1 fully saturated rings. The zero-order valence-electron chi connectivity index (χ0n) is 12.4. The van der Waals surface area contributed by atoms with Gasteiger partial charge in [-0.1, -0.05) is 18.2 Å². The van der Waals surface area contributed by atoms with Gasteiger partial charge in [0.2, 0.25) is 5.91 Å². The Balaban J connectivity index is 1.54. The largest absolute Gasteiger partial charge is 0.368 e. The summed E-state index contributed by atoms with van der Waals surface area (Å²) in [5, 5.41) is 0. The Bertz CT molecular complexity index is 598. The molecule has 4 heteroatoms. The van der Waals surface area contributed by atoms with Crippen LogP contribution >= 0.6 is 0 Å². The Hall–Kier alpha value is -2.23. The number of piperazine rings is 1. The van der Waals surface area contributed by atoms with Crippen LogP contribution in [0, 0.1) is 6.92 Å². The summed E-state index contributed by atoms with van der Waals surface area (Å²) in [5.41, 5.74) is 3.42. The second-order valence-electron chi connectivity index (χ2n) is 5.57. The van der Waals surface area contributed by atoms with E-state index < -0.39 is 0 Å². The number of amides is 1. The lowest BCUT2D eigenvalue weighted by Gasteiger charge is -2.36. The molecule has 21 heavy (non-hydrogen) atoms. The molecule has 3 rings (SSSR count). The van der Waals surface area contributed by atoms with Crippen molar-refractivity contribution in [1.82, 2.24) is 9.88 Å². The lowest BCUT2D eigenvalue weighted by atomic mass is 10.2. The van der Waals surface area contributed by atoms with Crippen LogP contribution in [0.4, 0.5) is 5.69 Å². The molecule has 0 bridgehead atoms. The van der Waals surface area contributed by atoms with E-state index in [1.807, 2.05) is 30.2 Å². The van der Waals surface area contributed by atoms with Crippen LogP contribution in [0.2, 0.25) is 0 Å². The SMILES string of the molecule is Cc1cc(CC(=O)N2CCN(c3ccccc3)CC2)c[nH]1. The summed E-state index contributed by atoms with van der Waals surface area (Å²) in [5.74, 6) is 0.224. The second-order valence-corrected chi connectivity index (χ2v) is 5.57. The Kier molecular flexibility index (Phi) is 3.95. The molecule has 110 valence electrons. The van der Waals surface area contributed by atoms with Gasteiger partial charge in [0.1, 0.15) is 0 Å². The number of carbonyl (C=O) groups is 1. The fourth-order valence-electron chi connectivity index (χ4n) is 2.81. The molecule has 0 atom stereocenters. The van der Waals surface area contributed by atoms with E-state index in [1.165, 1.54) is 5.69 Å². The van der Waals surface area contributed by atoms with Crippen LogP contribution in [-0.4, -0.2) is 42.0 Å². The second kappa shape index (κ2) is 6.04. The number of aryl methyl sites for hydroxylation is 1. The van der Waals surface area contributed by atoms with E-state index in [0.717, 1.165) is 37.4 Å². The Morgan fingerprint density at radius 1 is 1.14 bits per heavy atom. The maximum Gasteiger partial charge on any atom is 0.227 e. The smallest absolute Gasteiger partial charge is 0.227 e. The van der Waals surface area contributed by atoms with E-state index in [9.17, 15) is 4.79 Å². The van der Waals surface area contributed by atoms with Crippen molar-refractivity contribution >= 4 is 11.6 Å². The lowest BCUT2D eigenvalue weighted by Crippen LogP contribution is -2.49. The summed E-state index contributed by atoms with van der Waals surface area (Å²) in [6.45, 7) is 5.42. The fourth-order valence-corrected chi connectivity index (χ4v) is 2.81. The molecule has 1 amide bonds. The number of aromatic amines is 1. The molecular weight excluding hydrogens is 262 g/mol. The number of benzene rings is 1. The topological polar surface area (TPSA) is 39.3 Å². The number of hydrogen-bond acceptors (Lipinski definition) is 2. The standard InChI is InChI=1S/C17H21N3O/c1-14-11-15(13-18-14)12-17(21)20-9-7-19(8-10-20)16-5-3-2-4-6-16/h2-6,11,13,18H,7-10,12H2,1H3. The number of para-hydroxylation sites is 1. The van der Waals surface area contributed by atoms with Crippen LogP contribution < -0.4 is 4.90 Å². The first-order valence-electron chi connectivity index (χ1n) is 7.44. The Morgan fingerprint density at radius 3 is 2.48 bits per heavy atom. The Labute approximate surface area is 125 Å². The summed E-state index contributed by atoms with van der Waals surface area (Å²) in [7, 11) is 0. The molecule has 2 aromatic rings. The van der Waals surface area contributed by atoms with Gasteiger partial charge in [-0.3, -0.25) is 4.79 Å². The third-order valence-electron chi connectivity index (χ3n) is 4.00. The molecule has 0 spiro atoms. The van der Waals surface area contributed by atoms with Gasteiger partial charge in [0.25, 0.3) is 0 Å². The van der Waals surface area contributed by atoms with Gasteiger partial charge >= 0.3 is 0 Å². The summed E-state index contributed by atoms with van der Waals surface area (Å²) >= 11 is 0. The third-order valence-corrected chi connectivity index (χ3v) is 4.00. The monoisotopic (exact) mass is 283 g/mol. The number of nitrogens with one attached hydrogen (secondary N) is 1. The summed E-state index contributed by atoms with van der Waals surface area (Å²) < 4.78 is 0. The van der Waals surface area contributed by atoms with Crippen molar-refractivity contribution < 1.29 is 4.79 Å². The number of aromatic nitrogens is 1. The van der Waals surface area contributed by atoms with E-state index >= 15 is 0 Å². The molecular formula is C17H21N3O. The minimum atomic E-state index is 0.224.